The number of rotatable bonds is 1. The molecule has 0 amide bonds. The van der Waals surface area contributed by atoms with E-state index >= 15 is 0 Å². The highest BCUT2D eigenvalue weighted by Crippen LogP contribution is 2.25. The van der Waals surface area contributed by atoms with Gasteiger partial charge in [-0.05, 0) is 29.7 Å². The largest absolute Gasteiger partial charge is 0.354 e. The molecule has 3 heteroatoms. The number of nitrogens with one attached hydrogen (secondary N) is 1. The molecule has 1 aromatic carbocycles. The second-order valence-corrected chi connectivity index (χ2v) is 3.78. The Morgan fingerprint density at radius 1 is 1.12 bits per heavy atom. The Bertz CT molecular complexity index is 705. The van der Waals surface area contributed by atoms with Gasteiger partial charge in [0.05, 0.1) is 18.0 Å². The highest BCUT2D eigenvalue weighted by atomic mass is 14.8. The van der Waals surface area contributed by atoms with Gasteiger partial charge < -0.3 is 4.98 Å². The molecule has 0 fully saturated rings. The summed E-state index contributed by atoms with van der Waals surface area (Å²) < 4.78 is 0. The molecule has 80 valence electrons. The van der Waals surface area contributed by atoms with E-state index < -0.39 is 0 Å². The standard InChI is InChI=1S/C14H9N3/c1-15-11-6-5-10-8-14(17-13(10)9-11)12-4-2-3-7-16-12/h2-9,17H. The number of fused-ring (bicyclic) bond motifs is 1. The molecule has 0 unspecified atom stereocenters. The van der Waals surface area contributed by atoms with Crippen molar-refractivity contribution in [3.05, 3.63) is 60.1 Å². The minimum Gasteiger partial charge on any atom is -0.354 e. The third-order valence-corrected chi connectivity index (χ3v) is 2.68. The maximum absolute atomic E-state index is 6.99. The topological polar surface area (TPSA) is 33.0 Å². The van der Waals surface area contributed by atoms with E-state index in [0.29, 0.717) is 5.69 Å². The van der Waals surface area contributed by atoms with Crippen LogP contribution in [0.25, 0.3) is 27.1 Å². The molecule has 2 aromatic heterocycles. The zero-order chi connectivity index (χ0) is 11.7. The SMILES string of the molecule is [C-]#[N+]c1ccc2cc(-c3ccccn3)[nH]c2c1. The van der Waals surface area contributed by atoms with Crippen LogP contribution < -0.4 is 0 Å². The van der Waals surface area contributed by atoms with Crippen LogP contribution in [-0.2, 0) is 0 Å². The van der Waals surface area contributed by atoms with E-state index in [9.17, 15) is 0 Å². The Labute approximate surface area is 98.6 Å². The maximum Gasteiger partial charge on any atom is 0.189 e. The smallest absolute Gasteiger partial charge is 0.189 e. The summed E-state index contributed by atoms with van der Waals surface area (Å²) in [6.45, 7) is 6.99. The Morgan fingerprint density at radius 3 is 2.82 bits per heavy atom. The maximum atomic E-state index is 6.99. The quantitative estimate of drug-likeness (QED) is 0.621. The summed E-state index contributed by atoms with van der Waals surface area (Å²) in [6, 6.07) is 13.5. The second kappa shape index (κ2) is 3.76. The highest BCUT2D eigenvalue weighted by molar-refractivity contribution is 5.87. The molecular weight excluding hydrogens is 210 g/mol. The summed E-state index contributed by atoms with van der Waals surface area (Å²) in [4.78, 5) is 11.0. The molecule has 0 saturated carbocycles. The Kier molecular flexibility index (Phi) is 2.13. The van der Waals surface area contributed by atoms with Gasteiger partial charge >= 0.3 is 0 Å². The van der Waals surface area contributed by atoms with E-state index in [-0.39, 0.29) is 0 Å². The molecule has 0 aliphatic heterocycles. The van der Waals surface area contributed by atoms with Crippen LogP contribution in [0.1, 0.15) is 0 Å². The Hall–Kier alpha value is -2.60. The van der Waals surface area contributed by atoms with E-state index in [1.54, 1.807) is 6.20 Å². The van der Waals surface area contributed by atoms with Gasteiger partial charge in [0.1, 0.15) is 0 Å². The predicted octanol–water partition coefficient (Wildman–Crippen LogP) is 3.78. The van der Waals surface area contributed by atoms with E-state index in [4.69, 9.17) is 6.57 Å². The number of aromatic nitrogens is 2. The van der Waals surface area contributed by atoms with E-state index in [1.165, 1.54) is 0 Å². The third kappa shape index (κ3) is 1.66. The lowest BCUT2D eigenvalue weighted by atomic mass is 10.2. The van der Waals surface area contributed by atoms with Gasteiger partial charge in [-0.25, -0.2) is 4.85 Å². The van der Waals surface area contributed by atoms with Crippen LogP contribution in [0.2, 0.25) is 0 Å². The first-order valence-corrected chi connectivity index (χ1v) is 5.28. The number of hydrogen-bond acceptors (Lipinski definition) is 1. The molecule has 0 saturated heterocycles. The van der Waals surface area contributed by atoms with Crippen LogP contribution in [0.4, 0.5) is 5.69 Å². The number of aromatic amines is 1. The average Bonchev–Trinajstić information content (AvgIpc) is 2.82. The minimum atomic E-state index is 0.645. The molecule has 0 bridgehead atoms. The van der Waals surface area contributed by atoms with Crippen LogP contribution in [0.5, 0.6) is 0 Å². The molecule has 2 heterocycles. The molecule has 0 spiro atoms. The molecule has 0 atom stereocenters. The summed E-state index contributed by atoms with van der Waals surface area (Å²) in [5.74, 6) is 0. The molecule has 17 heavy (non-hydrogen) atoms. The number of hydrogen-bond donors (Lipinski definition) is 1. The van der Waals surface area contributed by atoms with Crippen molar-refractivity contribution >= 4 is 16.6 Å². The normalized spacial score (nSPS) is 10.3. The van der Waals surface area contributed by atoms with Crippen molar-refractivity contribution in [1.82, 2.24) is 9.97 Å². The van der Waals surface area contributed by atoms with Gasteiger partial charge in [0.15, 0.2) is 5.69 Å². The summed E-state index contributed by atoms with van der Waals surface area (Å²) in [6.07, 6.45) is 1.77. The summed E-state index contributed by atoms with van der Waals surface area (Å²) in [5.41, 5.74) is 3.50. The molecule has 0 radical (unpaired) electrons. The molecule has 1 N–H and O–H groups in total. The van der Waals surface area contributed by atoms with Gasteiger partial charge in [0, 0.05) is 11.7 Å². The number of H-pyrrole nitrogens is 1. The zero-order valence-electron chi connectivity index (χ0n) is 9.01. The van der Waals surface area contributed by atoms with Crippen LogP contribution in [-0.4, -0.2) is 9.97 Å². The fraction of sp³-hybridized carbons (Fsp3) is 0. The first-order valence-electron chi connectivity index (χ1n) is 5.28. The zero-order valence-corrected chi connectivity index (χ0v) is 9.01. The van der Waals surface area contributed by atoms with Gasteiger partial charge in [-0.1, -0.05) is 18.2 Å². The summed E-state index contributed by atoms with van der Waals surface area (Å²) in [5, 5.41) is 1.10. The molecular formula is C14H9N3. The predicted molar refractivity (Wildman–Crippen MR) is 67.8 cm³/mol. The first-order chi connectivity index (χ1) is 8.36. The monoisotopic (exact) mass is 219 g/mol. The van der Waals surface area contributed by atoms with E-state index in [0.717, 1.165) is 22.3 Å². The molecule has 3 nitrogen and oxygen atoms in total. The molecule has 0 aliphatic rings. The van der Waals surface area contributed by atoms with Gasteiger partial charge in [-0.15, -0.1) is 0 Å². The van der Waals surface area contributed by atoms with Gasteiger partial charge in [0.2, 0.25) is 0 Å². The Balaban J connectivity index is 2.18. The van der Waals surface area contributed by atoms with Crippen LogP contribution in [0, 0.1) is 6.57 Å². The number of nitrogens with zero attached hydrogens (tertiary/aromatic N) is 2. The van der Waals surface area contributed by atoms with Crippen molar-refractivity contribution in [2.24, 2.45) is 0 Å². The van der Waals surface area contributed by atoms with Crippen molar-refractivity contribution in [2.45, 2.75) is 0 Å². The first kappa shape index (κ1) is 9.61. The lowest BCUT2D eigenvalue weighted by molar-refractivity contribution is 1.29. The molecule has 3 rings (SSSR count). The van der Waals surface area contributed by atoms with Crippen LogP contribution >= 0.6 is 0 Å². The second-order valence-electron chi connectivity index (χ2n) is 3.78. The van der Waals surface area contributed by atoms with E-state index in [1.807, 2.05) is 42.5 Å². The third-order valence-electron chi connectivity index (χ3n) is 2.68. The minimum absolute atomic E-state index is 0.645. The van der Waals surface area contributed by atoms with Crippen molar-refractivity contribution < 1.29 is 0 Å². The van der Waals surface area contributed by atoms with Crippen molar-refractivity contribution in [2.75, 3.05) is 0 Å². The summed E-state index contributed by atoms with van der Waals surface area (Å²) >= 11 is 0. The Morgan fingerprint density at radius 2 is 2.06 bits per heavy atom. The van der Waals surface area contributed by atoms with Crippen molar-refractivity contribution in [3.63, 3.8) is 0 Å². The molecule has 0 aliphatic carbocycles. The number of benzene rings is 1. The fourth-order valence-electron chi connectivity index (χ4n) is 1.84. The van der Waals surface area contributed by atoms with Gasteiger partial charge in [-0.3, -0.25) is 4.98 Å². The average molecular weight is 219 g/mol. The lowest BCUT2D eigenvalue weighted by Crippen LogP contribution is -1.80. The highest BCUT2D eigenvalue weighted by Gasteiger charge is 2.04. The van der Waals surface area contributed by atoms with E-state index in [2.05, 4.69) is 14.8 Å². The van der Waals surface area contributed by atoms with Crippen LogP contribution in [0.15, 0.2) is 48.7 Å². The summed E-state index contributed by atoms with van der Waals surface area (Å²) in [7, 11) is 0. The molecule has 3 aromatic rings. The van der Waals surface area contributed by atoms with Crippen LogP contribution in [0.3, 0.4) is 0 Å². The van der Waals surface area contributed by atoms with Crippen molar-refractivity contribution in [3.8, 4) is 11.4 Å². The van der Waals surface area contributed by atoms with Crippen molar-refractivity contribution in [1.29, 1.82) is 0 Å². The van der Waals surface area contributed by atoms with Gasteiger partial charge in [-0.2, -0.15) is 0 Å². The number of pyridine rings is 1. The van der Waals surface area contributed by atoms with Gasteiger partial charge in [0.25, 0.3) is 0 Å². The fourth-order valence-corrected chi connectivity index (χ4v) is 1.84. The lowest BCUT2D eigenvalue weighted by Gasteiger charge is -1.94.